The smallest absolute Gasteiger partial charge is 0.305 e. The van der Waals surface area contributed by atoms with Gasteiger partial charge in [0, 0.05) is 0 Å². The fraction of sp³-hybridized carbons (Fsp3) is 0.400. The number of alkyl halides is 1. The van der Waals surface area contributed by atoms with Crippen LogP contribution in [-0.2, 0) is 4.79 Å². The molecule has 0 aliphatic heterocycles. The quantitative estimate of drug-likeness (QED) is 0.466. The lowest BCUT2D eigenvalue weighted by Crippen LogP contribution is -2.02. The van der Waals surface area contributed by atoms with Gasteiger partial charge in [0.2, 0.25) is 0 Å². The molecule has 0 aliphatic rings. The molecular weight excluding hydrogens is 128 g/mol. The minimum atomic E-state index is -0.898. The molecule has 1 N–H and O–H groups in total. The molecule has 0 aromatic carbocycles. The normalized spacial score (nSPS) is 12.6. The minimum absolute atomic E-state index is 0.0505. The van der Waals surface area contributed by atoms with Crippen LogP contribution in [0, 0.1) is 0 Å². The van der Waals surface area contributed by atoms with Crippen LogP contribution in [0.5, 0.6) is 0 Å². The molecule has 0 saturated heterocycles. The predicted octanol–water partition coefficient (Wildman–Crippen LogP) is 1.25. The maximum absolute atomic E-state index is 9.84. The molecule has 1 atom stereocenters. The van der Waals surface area contributed by atoms with E-state index in [2.05, 4.69) is 6.58 Å². The molecule has 1 unspecified atom stereocenters. The van der Waals surface area contributed by atoms with Crippen LogP contribution in [0.15, 0.2) is 12.7 Å². The van der Waals surface area contributed by atoms with E-state index in [1.54, 1.807) is 0 Å². The average Bonchev–Trinajstić information content (AvgIpc) is 1.65. The molecule has 8 heavy (non-hydrogen) atoms. The van der Waals surface area contributed by atoms with E-state index in [1.807, 2.05) is 0 Å². The molecule has 0 aromatic heterocycles. The Hall–Kier alpha value is -0.500. The predicted molar refractivity (Wildman–Crippen MR) is 32.1 cm³/mol. The molecule has 0 fully saturated rings. The van der Waals surface area contributed by atoms with Crippen molar-refractivity contribution in [3.63, 3.8) is 0 Å². The summed E-state index contributed by atoms with van der Waals surface area (Å²) in [4.78, 5) is 9.84. The number of hydrogen-bond acceptors (Lipinski definition) is 1. The van der Waals surface area contributed by atoms with Gasteiger partial charge in [0.05, 0.1) is 11.8 Å². The molecule has 0 aromatic rings. The van der Waals surface area contributed by atoms with Crippen LogP contribution in [0.2, 0.25) is 0 Å². The lowest BCUT2D eigenvalue weighted by molar-refractivity contribution is -0.136. The van der Waals surface area contributed by atoms with E-state index < -0.39 is 11.3 Å². The summed E-state index contributed by atoms with van der Waals surface area (Å²) in [5.41, 5.74) is 0. The Morgan fingerprint density at radius 1 is 2.00 bits per heavy atom. The van der Waals surface area contributed by atoms with Crippen molar-refractivity contribution in [2.24, 2.45) is 0 Å². The zero-order chi connectivity index (χ0) is 6.57. The third-order valence-corrected chi connectivity index (χ3v) is 0.958. The van der Waals surface area contributed by atoms with Gasteiger partial charge < -0.3 is 5.11 Å². The van der Waals surface area contributed by atoms with E-state index in [0.717, 1.165) is 0 Å². The first-order valence-electron chi connectivity index (χ1n) is 2.15. The standard InChI is InChI=1S/C5H7ClO2/c1-2-4(6)3-5(7)8/h2,4H,1,3H2,(H,7,8). The van der Waals surface area contributed by atoms with Crippen molar-refractivity contribution in [1.82, 2.24) is 0 Å². The van der Waals surface area contributed by atoms with Crippen LogP contribution < -0.4 is 0 Å². The van der Waals surface area contributed by atoms with Crippen molar-refractivity contribution in [2.45, 2.75) is 11.8 Å². The Balaban J connectivity index is 3.38. The molecule has 0 bridgehead atoms. The van der Waals surface area contributed by atoms with Gasteiger partial charge in [0.25, 0.3) is 0 Å². The van der Waals surface area contributed by atoms with Crippen LogP contribution in [-0.4, -0.2) is 16.5 Å². The summed E-state index contributed by atoms with van der Waals surface area (Å²) >= 11 is 5.36. The molecular formula is C5H7ClO2. The van der Waals surface area contributed by atoms with E-state index in [1.165, 1.54) is 6.08 Å². The van der Waals surface area contributed by atoms with Gasteiger partial charge in [-0.15, -0.1) is 18.2 Å². The van der Waals surface area contributed by atoms with E-state index in [-0.39, 0.29) is 6.42 Å². The Kier molecular flexibility index (Phi) is 3.28. The number of halogens is 1. The maximum atomic E-state index is 9.84. The Morgan fingerprint density at radius 3 is 2.62 bits per heavy atom. The first-order valence-corrected chi connectivity index (χ1v) is 2.59. The summed E-state index contributed by atoms with van der Waals surface area (Å²) in [6.07, 6.45) is 1.35. The lowest BCUT2D eigenvalue weighted by atomic mass is 10.3. The fourth-order valence-corrected chi connectivity index (χ4v) is 0.382. The highest BCUT2D eigenvalue weighted by atomic mass is 35.5. The second kappa shape index (κ2) is 3.50. The molecule has 46 valence electrons. The number of allylic oxidation sites excluding steroid dienone is 1. The molecule has 0 rings (SSSR count). The van der Waals surface area contributed by atoms with Gasteiger partial charge in [0.15, 0.2) is 0 Å². The molecule has 0 heterocycles. The van der Waals surface area contributed by atoms with Crippen molar-refractivity contribution in [2.75, 3.05) is 0 Å². The Morgan fingerprint density at radius 2 is 2.50 bits per heavy atom. The van der Waals surface area contributed by atoms with Crippen molar-refractivity contribution in [3.8, 4) is 0 Å². The Bertz CT molecular complexity index is 101. The number of hydrogen-bond donors (Lipinski definition) is 1. The van der Waals surface area contributed by atoms with Gasteiger partial charge in [-0.25, -0.2) is 0 Å². The van der Waals surface area contributed by atoms with Crippen LogP contribution >= 0.6 is 11.6 Å². The SMILES string of the molecule is C=CC(Cl)CC(=O)O. The third kappa shape index (κ3) is 3.68. The first kappa shape index (κ1) is 7.50. The topological polar surface area (TPSA) is 37.3 Å². The van der Waals surface area contributed by atoms with Crippen LogP contribution in [0.1, 0.15) is 6.42 Å². The molecule has 0 amide bonds. The van der Waals surface area contributed by atoms with Gasteiger partial charge in [-0.1, -0.05) is 6.08 Å². The molecule has 0 saturated carbocycles. The summed E-state index contributed by atoms with van der Waals surface area (Å²) in [6.45, 7) is 3.32. The zero-order valence-corrected chi connectivity index (χ0v) is 5.06. The number of aliphatic carboxylic acids is 1. The van der Waals surface area contributed by atoms with Crippen LogP contribution in [0.25, 0.3) is 0 Å². The monoisotopic (exact) mass is 134 g/mol. The second-order valence-corrected chi connectivity index (χ2v) is 1.91. The number of carboxylic acids is 1. The van der Waals surface area contributed by atoms with Gasteiger partial charge in [0.1, 0.15) is 0 Å². The summed E-state index contributed by atoms with van der Waals surface area (Å²) < 4.78 is 0. The molecule has 0 aliphatic carbocycles. The highest BCUT2D eigenvalue weighted by Crippen LogP contribution is 2.00. The minimum Gasteiger partial charge on any atom is -0.481 e. The highest BCUT2D eigenvalue weighted by Gasteiger charge is 2.03. The van der Waals surface area contributed by atoms with Gasteiger partial charge in [-0.2, -0.15) is 0 Å². The Labute approximate surface area is 52.8 Å². The van der Waals surface area contributed by atoms with E-state index in [4.69, 9.17) is 16.7 Å². The molecule has 0 spiro atoms. The number of rotatable bonds is 3. The largest absolute Gasteiger partial charge is 0.481 e. The van der Waals surface area contributed by atoms with Crippen LogP contribution in [0.4, 0.5) is 0 Å². The van der Waals surface area contributed by atoms with E-state index >= 15 is 0 Å². The van der Waals surface area contributed by atoms with Gasteiger partial charge >= 0.3 is 5.97 Å². The van der Waals surface area contributed by atoms with Gasteiger partial charge in [-0.3, -0.25) is 4.79 Å². The van der Waals surface area contributed by atoms with Crippen LogP contribution in [0.3, 0.4) is 0 Å². The summed E-state index contributed by atoms with van der Waals surface area (Å²) in [5.74, 6) is -0.898. The molecule has 2 nitrogen and oxygen atoms in total. The van der Waals surface area contributed by atoms with Crippen molar-refractivity contribution < 1.29 is 9.90 Å². The molecule has 3 heteroatoms. The fourth-order valence-electron chi connectivity index (χ4n) is 0.250. The summed E-state index contributed by atoms with van der Waals surface area (Å²) in [6, 6.07) is 0. The summed E-state index contributed by atoms with van der Waals surface area (Å²) in [5, 5.41) is 7.65. The lowest BCUT2D eigenvalue weighted by Gasteiger charge is -1.94. The van der Waals surface area contributed by atoms with E-state index in [9.17, 15) is 4.79 Å². The maximum Gasteiger partial charge on any atom is 0.305 e. The zero-order valence-electron chi connectivity index (χ0n) is 4.30. The van der Waals surface area contributed by atoms with Crippen molar-refractivity contribution in [1.29, 1.82) is 0 Å². The van der Waals surface area contributed by atoms with Crippen molar-refractivity contribution in [3.05, 3.63) is 12.7 Å². The summed E-state index contributed by atoms with van der Waals surface area (Å²) in [7, 11) is 0. The molecule has 0 radical (unpaired) electrons. The van der Waals surface area contributed by atoms with Gasteiger partial charge in [-0.05, 0) is 0 Å². The second-order valence-electron chi connectivity index (χ2n) is 1.35. The highest BCUT2D eigenvalue weighted by molar-refractivity contribution is 6.22. The first-order chi connectivity index (χ1) is 3.66. The van der Waals surface area contributed by atoms with Crippen molar-refractivity contribution >= 4 is 17.6 Å². The third-order valence-electron chi connectivity index (χ3n) is 0.625. The van der Waals surface area contributed by atoms with E-state index in [0.29, 0.717) is 0 Å². The average molecular weight is 135 g/mol. The number of carbonyl (C=O) groups is 1. The number of carboxylic acid groups (broad SMARTS) is 1.